The van der Waals surface area contributed by atoms with Gasteiger partial charge in [-0.05, 0) is 30.0 Å². The van der Waals surface area contributed by atoms with E-state index in [1.54, 1.807) is 18.6 Å². The molecule has 0 aliphatic heterocycles. The first-order chi connectivity index (χ1) is 11.2. The zero-order chi connectivity index (χ0) is 16.1. The van der Waals surface area contributed by atoms with Crippen LogP contribution in [0.5, 0.6) is 0 Å². The summed E-state index contributed by atoms with van der Waals surface area (Å²) >= 11 is 1.40. The Morgan fingerprint density at radius 1 is 1.22 bits per heavy atom. The van der Waals surface area contributed by atoms with Crippen LogP contribution in [-0.2, 0) is 0 Å². The lowest BCUT2D eigenvalue weighted by Crippen LogP contribution is -2.17. The van der Waals surface area contributed by atoms with E-state index in [9.17, 15) is 4.79 Å². The number of rotatable bonds is 4. The summed E-state index contributed by atoms with van der Waals surface area (Å²) in [6.45, 7) is 2.04. The van der Waals surface area contributed by atoms with E-state index in [1.807, 2.05) is 54.8 Å². The predicted octanol–water partition coefficient (Wildman–Crippen LogP) is 3.88. The molecule has 0 atom stereocenters. The maximum atomic E-state index is 12.3. The molecule has 23 heavy (non-hydrogen) atoms. The normalized spacial score (nSPS) is 10.8. The summed E-state index contributed by atoms with van der Waals surface area (Å²) in [5.74, 6) is -0.212. The fourth-order valence-corrected chi connectivity index (χ4v) is 2.92. The minimum atomic E-state index is -0.212. The van der Waals surface area contributed by atoms with Crippen LogP contribution in [0.4, 0.5) is 0 Å². The van der Waals surface area contributed by atoms with Crippen molar-refractivity contribution in [2.24, 2.45) is 5.10 Å². The van der Waals surface area contributed by atoms with Crippen molar-refractivity contribution >= 4 is 23.5 Å². The van der Waals surface area contributed by atoms with Gasteiger partial charge in [0.1, 0.15) is 4.88 Å². The molecule has 0 unspecified atom stereocenters. The Bertz CT molecular complexity index is 823. The number of amides is 1. The van der Waals surface area contributed by atoms with Crippen molar-refractivity contribution in [3.05, 3.63) is 76.2 Å². The van der Waals surface area contributed by atoms with Gasteiger partial charge in [-0.15, -0.1) is 11.3 Å². The van der Waals surface area contributed by atoms with Gasteiger partial charge in [0.05, 0.1) is 6.21 Å². The van der Waals surface area contributed by atoms with Crippen molar-refractivity contribution in [2.75, 3.05) is 0 Å². The number of carbonyl (C=O) groups excluding carboxylic acids is 1. The number of aromatic nitrogens is 1. The first-order valence-electron chi connectivity index (χ1n) is 7.12. The van der Waals surface area contributed by atoms with E-state index in [0.29, 0.717) is 4.88 Å². The maximum absolute atomic E-state index is 12.3. The fraction of sp³-hybridized carbons (Fsp3) is 0.0556. The van der Waals surface area contributed by atoms with Crippen molar-refractivity contribution in [3.63, 3.8) is 0 Å². The molecule has 0 saturated carbocycles. The Kier molecular flexibility index (Phi) is 4.59. The van der Waals surface area contributed by atoms with Gasteiger partial charge in [-0.2, -0.15) is 5.10 Å². The highest BCUT2D eigenvalue weighted by Crippen LogP contribution is 2.28. The molecule has 3 aromatic rings. The Balaban J connectivity index is 1.75. The average Bonchev–Trinajstić information content (AvgIpc) is 3.06. The van der Waals surface area contributed by atoms with E-state index in [2.05, 4.69) is 15.5 Å². The summed E-state index contributed by atoms with van der Waals surface area (Å²) in [5, 5.41) is 5.90. The topological polar surface area (TPSA) is 54.4 Å². The molecule has 114 valence electrons. The Morgan fingerprint density at radius 3 is 2.78 bits per heavy atom. The lowest BCUT2D eigenvalue weighted by atomic mass is 10.1. The van der Waals surface area contributed by atoms with Crippen LogP contribution in [0.25, 0.3) is 11.1 Å². The number of nitrogens with one attached hydrogen (secondary N) is 1. The van der Waals surface area contributed by atoms with Crippen molar-refractivity contribution < 1.29 is 4.79 Å². The van der Waals surface area contributed by atoms with Crippen LogP contribution in [0.15, 0.2) is 65.3 Å². The van der Waals surface area contributed by atoms with Crippen molar-refractivity contribution in [1.29, 1.82) is 0 Å². The van der Waals surface area contributed by atoms with E-state index < -0.39 is 0 Å². The second kappa shape index (κ2) is 6.98. The van der Waals surface area contributed by atoms with Gasteiger partial charge in [0, 0.05) is 23.5 Å². The Labute approximate surface area is 138 Å². The lowest BCUT2D eigenvalue weighted by molar-refractivity contribution is 0.0960. The highest BCUT2D eigenvalue weighted by Gasteiger charge is 2.13. The number of carbonyl (C=O) groups is 1. The monoisotopic (exact) mass is 321 g/mol. The summed E-state index contributed by atoms with van der Waals surface area (Å²) in [7, 11) is 0. The molecule has 4 nitrogen and oxygen atoms in total. The summed E-state index contributed by atoms with van der Waals surface area (Å²) in [6, 6.07) is 13.8. The van der Waals surface area contributed by atoms with Crippen molar-refractivity contribution in [1.82, 2.24) is 10.4 Å². The molecule has 0 spiro atoms. The molecule has 0 aliphatic rings. The first kappa shape index (κ1) is 15.1. The number of pyridine rings is 1. The molecule has 1 aromatic carbocycles. The van der Waals surface area contributed by atoms with Crippen molar-refractivity contribution in [2.45, 2.75) is 6.92 Å². The third-order valence-electron chi connectivity index (χ3n) is 3.30. The van der Waals surface area contributed by atoms with Gasteiger partial charge in [0.25, 0.3) is 5.91 Å². The maximum Gasteiger partial charge on any atom is 0.282 e. The van der Waals surface area contributed by atoms with Crippen LogP contribution in [0.1, 0.15) is 20.8 Å². The van der Waals surface area contributed by atoms with Crippen LogP contribution in [0, 0.1) is 6.92 Å². The molecular formula is C18H15N3OS. The minimum absolute atomic E-state index is 0.212. The Hall–Kier alpha value is -2.79. The molecule has 0 bridgehead atoms. The zero-order valence-electron chi connectivity index (χ0n) is 12.6. The minimum Gasteiger partial charge on any atom is -0.266 e. The van der Waals surface area contributed by atoms with Gasteiger partial charge in [-0.1, -0.05) is 35.9 Å². The molecule has 0 radical (unpaired) electrons. The van der Waals surface area contributed by atoms with Gasteiger partial charge in [-0.3, -0.25) is 9.78 Å². The van der Waals surface area contributed by atoms with Crippen LogP contribution >= 0.6 is 11.3 Å². The molecule has 2 aromatic heterocycles. The van der Waals surface area contributed by atoms with Gasteiger partial charge < -0.3 is 0 Å². The van der Waals surface area contributed by atoms with Crippen molar-refractivity contribution in [3.8, 4) is 11.1 Å². The number of hydrazone groups is 1. The number of hydrogen-bond acceptors (Lipinski definition) is 4. The SMILES string of the molecule is Cc1ccc(-c2ccsc2C(=O)N/N=C\c2cccnc2)cc1. The molecule has 1 N–H and O–H groups in total. The highest BCUT2D eigenvalue weighted by molar-refractivity contribution is 7.12. The molecule has 0 saturated heterocycles. The number of nitrogens with zero attached hydrogens (tertiary/aromatic N) is 2. The van der Waals surface area contributed by atoms with E-state index in [1.165, 1.54) is 16.9 Å². The summed E-state index contributed by atoms with van der Waals surface area (Å²) in [5.41, 5.74) is 6.54. The van der Waals surface area contributed by atoms with Crippen LogP contribution in [-0.4, -0.2) is 17.1 Å². The lowest BCUT2D eigenvalue weighted by Gasteiger charge is -2.03. The third-order valence-corrected chi connectivity index (χ3v) is 4.21. The van der Waals surface area contributed by atoms with E-state index in [0.717, 1.165) is 16.7 Å². The summed E-state index contributed by atoms with van der Waals surface area (Å²) < 4.78 is 0. The Morgan fingerprint density at radius 2 is 2.04 bits per heavy atom. The van der Waals surface area contributed by atoms with Gasteiger partial charge in [-0.25, -0.2) is 5.43 Å². The number of thiophene rings is 1. The smallest absolute Gasteiger partial charge is 0.266 e. The molecule has 5 heteroatoms. The average molecular weight is 321 g/mol. The second-order valence-electron chi connectivity index (χ2n) is 5.01. The van der Waals surface area contributed by atoms with Crippen LogP contribution in [0.2, 0.25) is 0 Å². The van der Waals surface area contributed by atoms with E-state index in [-0.39, 0.29) is 5.91 Å². The molecule has 2 heterocycles. The predicted molar refractivity (Wildman–Crippen MR) is 93.8 cm³/mol. The van der Waals surface area contributed by atoms with Crippen LogP contribution < -0.4 is 5.43 Å². The fourth-order valence-electron chi connectivity index (χ4n) is 2.11. The quantitative estimate of drug-likeness (QED) is 0.585. The number of hydrogen-bond donors (Lipinski definition) is 1. The second-order valence-corrected chi connectivity index (χ2v) is 5.93. The van der Waals surface area contributed by atoms with Gasteiger partial charge >= 0.3 is 0 Å². The largest absolute Gasteiger partial charge is 0.282 e. The van der Waals surface area contributed by atoms with E-state index in [4.69, 9.17) is 0 Å². The molecule has 1 amide bonds. The standard InChI is InChI=1S/C18H15N3OS/c1-13-4-6-15(7-5-13)16-8-10-23-17(16)18(22)21-20-12-14-3-2-9-19-11-14/h2-12H,1H3,(H,21,22)/b20-12-. The zero-order valence-corrected chi connectivity index (χ0v) is 13.4. The van der Waals surface area contributed by atoms with Gasteiger partial charge in [0.15, 0.2) is 0 Å². The molecule has 0 aliphatic carbocycles. The number of benzene rings is 1. The first-order valence-corrected chi connectivity index (χ1v) is 8.00. The molecule has 3 rings (SSSR count). The summed E-state index contributed by atoms with van der Waals surface area (Å²) in [6.07, 6.45) is 4.94. The van der Waals surface area contributed by atoms with Gasteiger partial charge in [0.2, 0.25) is 0 Å². The van der Waals surface area contributed by atoms with E-state index >= 15 is 0 Å². The molecule has 0 fully saturated rings. The van der Waals surface area contributed by atoms with Crippen LogP contribution in [0.3, 0.4) is 0 Å². The summed E-state index contributed by atoms with van der Waals surface area (Å²) in [4.78, 5) is 17.0. The third kappa shape index (κ3) is 3.70. The number of aryl methyl sites for hydroxylation is 1. The molecular weight excluding hydrogens is 306 g/mol. The highest BCUT2D eigenvalue weighted by atomic mass is 32.1.